The SMILES string of the molecule is Nc1nc(=S)c2ncn(-n3nnc4cncnc43)c2[nH]1. The Balaban J connectivity index is 2.10. The molecule has 0 saturated carbocycles. The number of aromatic nitrogens is 9. The van der Waals surface area contributed by atoms with Gasteiger partial charge in [0.25, 0.3) is 0 Å². The van der Waals surface area contributed by atoms with Crippen LogP contribution in [-0.2, 0) is 0 Å². The molecule has 4 heterocycles. The van der Waals surface area contributed by atoms with Crippen molar-refractivity contribution >= 4 is 40.5 Å². The normalized spacial score (nSPS) is 11.4. The molecule has 20 heavy (non-hydrogen) atoms. The van der Waals surface area contributed by atoms with Gasteiger partial charge in [-0.3, -0.25) is 0 Å². The van der Waals surface area contributed by atoms with Crippen LogP contribution in [0.15, 0.2) is 18.9 Å². The number of imidazole rings is 1. The summed E-state index contributed by atoms with van der Waals surface area (Å²) in [5.74, 6) is 0.197. The Morgan fingerprint density at radius 1 is 1.30 bits per heavy atom. The summed E-state index contributed by atoms with van der Waals surface area (Å²) in [5.41, 5.74) is 7.86. The minimum atomic E-state index is 0.197. The Labute approximate surface area is 115 Å². The number of nitrogens with two attached hydrogens (primary N) is 1. The first-order valence-electron chi connectivity index (χ1n) is 5.49. The molecular weight excluding hydrogens is 280 g/mol. The van der Waals surface area contributed by atoms with E-state index >= 15 is 0 Å². The first-order valence-corrected chi connectivity index (χ1v) is 5.90. The van der Waals surface area contributed by atoms with Gasteiger partial charge in [-0.2, -0.15) is 0 Å². The van der Waals surface area contributed by atoms with Gasteiger partial charge >= 0.3 is 0 Å². The molecule has 0 bridgehead atoms. The van der Waals surface area contributed by atoms with Gasteiger partial charge in [0.2, 0.25) is 11.6 Å². The van der Waals surface area contributed by atoms with Gasteiger partial charge in [-0.1, -0.05) is 12.2 Å². The van der Waals surface area contributed by atoms with E-state index in [-0.39, 0.29) is 5.95 Å². The van der Waals surface area contributed by atoms with Crippen molar-refractivity contribution < 1.29 is 0 Å². The van der Waals surface area contributed by atoms with Crippen molar-refractivity contribution in [3.05, 3.63) is 23.5 Å². The smallest absolute Gasteiger partial charge is 0.205 e. The maximum atomic E-state index is 5.67. The van der Waals surface area contributed by atoms with E-state index in [1.807, 2.05) is 0 Å². The highest BCUT2D eigenvalue weighted by Crippen LogP contribution is 2.14. The average Bonchev–Trinajstić information content (AvgIpc) is 3.02. The van der Waals surface area contributed by atoms with Gasteiger partial charge in [0, 0.05) is 0 Å². The summed E-state index contributed by atoms with van der Waals surface area (Å²) in [6.07, 6.45) is 4.52. The third-order valence-corrected chi connectivity index (χ3v) is 3.01. The minimum absolute atomic E-state index is 0.197. The van der Waals surface area contributed by atoms with Crippen molar-refractivity contribution in [1.82, 2.24) is 44.7 Å². The highest BCUT2D eigenvalue weighted by atomic mass is 32.1. The molecule has 4 rings (SSSR count). The van der Waals surface area contributed by atoms with Crippen LogP contribution < -0.4 is 5.73 Å². The van der Waals surface area contributed by atoms with Crippen molar-refractivity contribution in [3.8, 4) is 0 Å². The monoisotopic (exact) mass is 286 g/mol. The van der Waals surface area contributed by atoms with E-state index in [2.05, 4.69) is 35.2 Å². The van der Waals surface area contributed by atoms with Crippen LogP contribution >= 0.6 is 12.2 Å². The third-order valence-electron chi connectivity index (χ3n) is 2.72. The summed E-state index contributed by atoms with van der Waals surface area (Å²) in [6, 6.07) is 0. The van der Waals surface area contributed by atoms with E-state index in [1.54, 1.807) is 10.9 Å². The molecule has 0 unspecified atom stereocenters. The second-order valence-electron chi connectivity index (χ2n) is 3.92. The lowest BCUT2D eigenvalue weighted by molar-refractivity contribution is 0.575. The number of hydrogen-bond donors (Lipinski definition) is 2. The zero-order chi connectivity index (χ0) is 13.7. The predicted molar refractivity (Wildman–Crippen MR) is 71.0 cm³/mol. The minimum Gasteiger partial charge on any atom is -0.369 e. The van der Waals surface area contributed by atoms with E-state index < -0.39 is 0 Å². The van der Waals surface area contributed by atoms with Crippen LogP contribution in [0.3, 0.4) is 0 Å². The van der Waals surface area contributed by atoms with Gasteiger partial charge in [-0.05, 0) is 5.21 Å². The summed E-state index contributed by atoms with van der Waals surface area (Å²) in [5, 5.41) is 8.00. The molecule has 10 nitrogen and oxygen atoms in total. The molecule has 3 N–H and O–H groups in total. The molecule has 4 aromatic rings. The maximum absolute atomic E-state index is 5.67. The fourth-order valence-corrected chi connectivity index (χ4v) is 2.13. The molecule has 0 aliphatic rings. The average molecular weight is 286 g/mol. The summed E-state index contributed by atoms with van der Waals surface area (Å²) >= 11 is 5.12. The number of fused-ring (bicyclic) bond motifs is 2. The predicted octanol–water partition coefficient (Wildman–Crippen LogP) is -0.0828. The van der Waals surface area contributed by atoms with Crippen molar-refractivity contribution in [2.45, 2.75) is 0 Å². The van der Waals surface area contributed by atoms with Gasteiger partial charge in [0.15, 0.2) is 15.8 Å². The molecule has 0 radical (unpaired) electrons. The second kappa shape index (κ2) is 3.77. The second-order valence-corrected chi connectivity index (χ2v) is 4.31. The Kier molecular flexibility index (Phi) is 2.06. The lowest BCUT2D eigenvalue weighted by Gasteiger charge is -2.03. The Hall–Kier alpha value is -2.95. The standard InChI is InChI=1S/C9H6N10S/c10-9-14-7-5(8(20)15-9)13-3-18(7)19-6-4(16-17-19)1-11-2-12-6/h1-3H,(H3,10,14,15,20). The lowest BCUT2D eigenvalue weighted by Crippen LogP contribution is -2.12. The first kappa shape index (κ1) is 10.9. The number of H-pyrrole nitrogens is 1. The topological polar surface area (TPSA) is 129 Å². The molecule has 4 aromatic heterocycles. The van der Waals surface area contributed by atoms with Gasteiger partial charge < -0.3 is 10.7 Å². The van der Waals surface area contributed by atoms with Crippen LogP contribution in [0.4, 0.5) is 5.95 Å². The molecule has 0 aliphatic heterocycles. The number of nitrogens with one attached hydrogen (secondary N) is 1. The van der Waals surface area contributed by atoms with E-state index in [9.17, 15) is 0 Å². The van der Waals surface area contributed by atoms with E-state index in [0.29, 0.717) is 27.0 Å². The number of rotatable bonds is 1. The third kappa shape index (κ3) is 1.40. The fourth-order valence-electron chi connectivity index (χ4n) is 1.89. The summed E-state index contributed by atoms with van der Waals surface area (Å²) < 4.78 is 1.92. The molecule has 98 valence electrons. The Morgan fingerprint density at radius 2 is 2.20 bits per heavy atom. The molecule has 0 aliphatic carbocycles. The van der Waals surface area contributed by atoms with Crippen molar-refractivity contribution in [2.75, 3.05) is 5.73 Å². The number of aromatic amines is 1. The Bertz CT molecular complexity index is 995. The molecule has 0 atom stereocenters. The summed E-state index contributed by atoms with van der Waals surface area (Å²) in [4.78, 5) is 20.6. The van der Waals surface area contributed by atoms with Crippen LogP contribution in [0.25, 0.3) is 22.3 Å². The fraction of sp³-hybridized carbons (Fsp3) is 0. The van der Waals surface area contributed by atoms with Crippen LogP contribution in [0.1, 0.15) is 0 Å². The van der Waals surface area contributed by atoms with E-state index in [0.717, 1.165) is 0 Å². The van der Waals surface area contributed by atoms with Crippen LogP contribution in [0, 0.1) is 4.64 Å². The molecule has 0 aromatic carbocycles. The Morgan fingerprint density at radius 3 is 3.10 bits per heavy atom. The molecule has 0 fully saturated rings. The van der Waals surface area contributed by atoms with Crippen molar-refractivity contribution in [3.63, 3.8) is 0 Å². The quantitative estimate of drug-likeness (QED) is 0.465. The number of nitrogen functional groups attached to an aromatic ring is 1. The summed E-state index contributed by atoms with van der Waals surface area (Å²) in [6.45, 7) is 0. The van der Waals surface area contributed by atoms with E-state index in [4.69, 9.17) is 18.0 Å². The lowest BCUT2D eigenvalue weighted by atomic mass is 10.5. The van der Waals surface area contributed by atoms with Gasteiger partial charge in [0.1, 0.15) is 18.2 Å². The molecule has 0 spiro atoms. The molecule has 11 heteroatoms. The highest BCUT2D eigenvalue weighted by molar-refractivity contribution is 7.71. The maximum Gasteiger partial charge on any atom is 0.205 e. The molecule has 0 saturated heterocycles. The zero-order valence-electron chi connectivity index (χ0n) is 9.80. The van der Waals surface area contributed by atoms with Crippen LogP contribution in [-0.4, -0.2) is 44.7 Å². The van der Waals surface area contributed by atoms with E-state index in [1.165, 1.54) is 17.4 Å². The zero-order valence-corrected chi connectivity index (χ0v) is 10.6. The van der Waals surface area contributed by atoms with Crippen molar-refractivity contribution in [2.24, 2.45) is 0 Å². The molecule has 0 amide bonds. The van der Waals surface area contributed by atoms with Gasteiger partial charge in [-0.15, -0.1) is 9.89 Å². The number of nitrogens with zero attached hydrogens (tertiary/aromatic N) is 8. The van der Waals surface area contributed by atoms with Crippen molar-refractivity contribution in [1.29, 1.82) is 0 Å². The van der Waals surface area contributed by atoms with Gasteiger partial charge in [0.05, 0.1) is 6.20 Å². The first-order chi connectivity index (χ1) is 9.74. The van der Waals surface area contributed by atoms with Crippen LogP contribution in [0.2, 0.25) is 0 Å². The largest absolute Gasteiger partial charge is 0.369 e. The van der Waals surface area contributed by atoms with Gasteiger partial charge in [-0.25, -0.2) is 24.6 Å². The molecular formula is C9H6N10S. The van der Waals surface area contributed by atoms with Crippen LogP contribution in [0.5, 0.6) is 0 Å². The number of hydrogen-bond acceptors (Lipinski definition) is 8. The highest BCUT2D eigenvalue weighted by Gasteiger charge is 2.12. The number of anilines is 1. The summed E-state index contributed by atoms with van der Waals surface area (Å²) in [7, 11) is 0.